The average Bonchev–Trinajstić information content (AvgIpc) is 3.56. The Hall–Kier alpha value is -3.33. The summed E-state index contributed by atoms with van der Waals surface area (Å²) in [7, 11) is 0. The number of carboxylic acid groups (broad SMARTS) is 1. The van der Waals surface area contributed by atoms with E-state index >= 15 is 0 Å². The SMILES string of the molecule is CCc1ccc(CC(NC(=O)CCCCNC(=O)C(CC2=CCNC2C(=N)N)NC(=O)C(N)C(C)O)C(=O)O)s1. The zero-order valence-corrected chi connectivity index (χ0v) is 23.7. The number of amidine groups is 1. The number of nitrogens with one attached hydrogen (secondary N) is 5. The van der Waals surface area contributed by atoms with Crippen LogP contribution < -0.4 is 32.7 Å². The number of unbranched alkanes of at least 4 members (excludes halogenated alkanes) is 1. The molecule has 0 radical (unpaired) electrons. The molecule has 0 saturated carbocycles. The lowest BCUT2D eigenvalue weighted by molar-refractivity contribution is -0.141. The van der Waals surface area contributed by atoms with Gasteiger partial charge in [0.05, 0.1) is 12.1 Å². The van der Waals surface area contributed by atoms with Gasteiger partial charge in [-0.1, -0.05) is 13.0 Å². The Kier molecular flexibility index (Phi) is 13.2. The fourth-order valence-electron chi connectivity index (χ4n) is 4.13. The van der Waals surface area contributed by atoms with Crippen molar-refractivity contribution >= 4 is 40.9 Å². The van der Waals surface area contributed by atoms with Crippen molar-refractivity contribution in [3.8, 4) is 0 Å². The second-order valence-electron chi connectivity index (χ2n) is 9.74. The Balaban J connectivity index is 1.85. The molecule has 1 aliphatic heterocycles. The lowest BCUT2D eigenvalue weighted by Crippen LogP contribution is -2.55. The van der Waals surface area contributed by atoms with Gasteiger partial charge in [0.1, 0.15) is 24.0 Å². The minimum absolute atomic E-state index is 0.0876. The van der Waals surface area contributed by atoms with Crippen molar-refractivity contribution in [3.63, 3.8) is 0 Å². The first-order chi connectivity index (χ1) is 18.9. The average molecular weight is 580 g/mol. The van der Waals surface area contributed by atoms with E-state index in [4.69, 9.17) is 16.9 Å². The summed E-state index contributed by atoms with van der Waals surface area (Å²) < 4.78 is 0. The van der Waals surface area contributed by atoms with E-state index in [-0.39, 0.29) is 37.6 Å². The predicted octanol–water partition coefficient (Wildman–Crippen LogP) is -0.874. The number of hydrogen-bond acceptors (Lipinski definition) is 9. The van der Waals surface area contributed by atoms with Crippen LogP contribution in [0.2, 0.25) is 0 Å². The quantitative estimate of drug-likeness (QED) is 0.0482. The van der Waals surface area contributed by atoms with Crippen LogP contribution in [0.4, 0.5) is 0 Å². The standard InChI is InChI=1S/C26H41N7O6S/c1-3-16-7-8-17(40-16)13-19(26(38)39)32-20(35)6-4-5-10-31-24(36)18(33-25(37)21(27)14(2)34)12-15-9-11-30-22(15)23(28)29/h7-9,14,18-19,21-22,30,34H,3-6,10-13,27H2,1-2H3,(H3,28,29)(H,31,36)(H,32,35)(H,33,37)(H,38,39). The highest BCUT2D eigenvalue weighted by Gasteiger charge is 2.30. The van der Waals surface area contributed by atoms with Crippen molar-refractivity contribution in [2.45, 2.75) is 82.6 Å². The third-order valence-electron chi connectivity index (χ3n) is 6.50. The molecule has 0 spiro atoms. The van der Waals surface area contributed by atoms with Crippen LogP contribution >= 0.6 is 11.3 Å². The zero-order valence-electron chi connectivity index (χ0n) is 22.9. The minimum Gasteiger partial charge on any atom is -0.480 e. The number of thiophene rings is 1. The molecule has 14 heteroatoms. The minimum atomic E-state index is -1.23. The molecule has 0 fully saturated rings. The molecule has 5 unspecified atom stereocenters. The summed E-state index contributed by atoms with van der Waals surface area (Å²) in [6, 6.07) is 0.0229. The number of carbonyl (C=O) groups excluding carboxylic acids is 3. The van der Waals surface area contributed by atoms with Gasteiger partial charge in [-0.25, -0.2) is 4.79 Å². The summed E-state index contributed by atoms with van der Waals surface area (Å²) >= 11 is 1.53. The van der Waals surface area contributed by atoms with Crippen molar-refractivity contribution < 1.29 is 29.4 Å². The topological polar surface area (TPSA) is 233 Å². The van der Waals surface area contributed by atoms with E-state index in [1.54, 1.807) is 6.08 Å². The highest BCUT2D eigenvalue weighted by Crippen LogP contribution is 2.19. The monoisotopic (exact) mass is 579 g/mol. The second kappa shape index (κ2) is 16.1. The maximum atomic E-state index is 12.9. The van der Waals surface area contributed by atoms with Gasteiger partial charge in [-0.15, -0.1) is 11.3 Å². The summed E-state index contributed by atoms with van der Waals surface area (Å²) in [5.41, 5.74) is 12.0. The first-order valence-corrected chi connectivity index (χ1v) is 14.1. The Labute approximate surface area is 237 Å². The summed E-state index contributed by atoms with van der Waals surface area (Å²) in [6.45, 7) is 4.07. The van der Waals surface area contributed by atoms with Gasteiger partial charge in [0.25, 0.3) is 0 Å². The Bertz CT molecular complexity index is 1090. The molecule has 2 rings (SSSR count). The molecule has 40 heavy (non-hydrogen) atoms. The molecule has 0 saturated heterocycles. The number of aliphatic hydroxyl groups excluding tert-OH is 1. The molecule has 0 aromatic carbocycles. The molecule has 11 N–H and O–H groups in total. The number of carboxylic acids is 1. The number of rotatable bonds is 17. The molecule has 0 bridgehead atoms. The third kappa shape index (κ3) is 10.3. The van der Waals surface area contributed by atoms with E-state index < -0.39 is 48.1 Å². The van der Waals surface area contributed by atoms with Crippen LogP contribution in [0.25, 0.3) is 0 Å². The van der Waals surface area contributed by atoms with Crippen LogP contribution in [0.5, 0.6) is 0 Å². The van der Waals surface area contributed by atoms with Crippen molar-refractivity contribution in [2.75, 3.05) is 13.1 Å². The van der Waals surface area contributed by atoms with Gasteiger partial charge in [0, 0.05) is 35.7 Å². The number of nitrogens with two attached hydrogens (primary N) is 2. The largest absolute Gasteiger partial charge is 0.480 e. The van der Waals surface area contributed by atoms with Gasteiger partial charge in [-0.05, 0) is 50.3 Å². The first-order valence-electron chi connectivity index (χ1n) is 13.3. The van der Waals surface area contributed by atoms with Gasteiger partial charge in [0.15, 0.2) is 0 Å². The molecule has 0 aliphatic carbocycles. The summed E-state index contributed by atoms with van der Waals surface area (Å²) in [5, 5.41) is 37.8. The van der Waals surface area contributed by atoms with Crippen LogP contribution in [0.3, 0.4) is 0 Å². The van der Waals surface area contributed by atoms with E-state index in [0.717, 1.165) is 16.2 Å². The van der Waals surface area contributed by atoms with E-state index in [2.05, 4.69) is 21.3 Å². The Morgan fingerprint density at radius 3 is 2.42 bits per heavy atom. The lowest BCUT2D eigenvalue weighted by atomic mass is 9.99. The number of aliphatic hydroxyl groups is 1. The number of carbonyl (C=O) groups is 4. The molecule has 3 amide bonds. The summed E-state index contributed by atoms with van der Waals surface area (Å²) in [6.07, 6.45) is 2.78. The molecule has 222 valence electrons. The van der Waals surface area contributed by atoms with E-state index in [0.29, 0.717) is 25.0 Å². The van der Waals surface area contributed by atoms with Gasteiger partial charge in [-0.3, -0.25) is 19.8 Å². The highest BCUT2D eigenvalue weighted by molar-refractivity contribution is 7.12. The van der Waals surface area contributed by atoms with Crippen LogP contribution in [0.1, 0.15) is 49.3 Å². The van der Waals surface area contributed by atoms with Crippen molar-refractivity contribution in [1.82, 2.24) is 21.3 Å². The van der Waals surface area contributed by atoms with E-state index in [9.17, 15) is 29.4 Å². The first kappa shape index (κ1) is 32.9. The predicted molar refractivity (Wildman–Crippen MR) is 152 cm³/mol. The second-order valence-corrected chi connectivity index (χ2v) is 11.0. The van der Waals surface area contributed by atoms with Crippen molar-refractivity contribution in [1.29, 1.82) is 5.41 Å². The summed E-state index contributed by atoms with van der Waals surface area (Å²) in [5.74, 6) is -2.79. The smallest absolute Gasteiger partial charge is 0.326 e. The van der Waals surface area contributed by atoms with Gasteiger partial charge in [-0.2, -0.15) is 0 Å². The molecular weight excluding hydrogens is 538 g/mol. The molecular formula is C26H41N7O6S. The number of aliphatic carboxylic acids is 1. The molecule has 13 nitrogen and oxygen atoms in total. The zero-order chi connectivity index (χ0) is 29.8. The third-order valence-corrected chi connectivity index (χ3v) is 7.75. The normalized spacial score (nSPS) is 17.7. The fraction of sp³-hybridized carbons (Fsp3) is 0.577. The van der Waals surface area contributed by atoms with Crippen molar-refractivity contribution in [2.24, 2.45) is 11.5 Å². The molecule has 1 aromatic heterocycles. The van der Waals surface area contributed by atoms with E-state index in [1.165, 1.54) is 18.3 Å². The molecule has 1 aromatic rings. The molecule has 5 atom stereocenters. The van der Waals surface area contributed by atoms with Crippen molar-refractivity contribution in [3.05, 3.63) is 33.5 Å². The fourth-order valence-corrected chi connectivity index (χ4v) is 5.14. The number of amides is 3. The van der Waals surface area contributed by atoms with E-state index in [1.807, 2.05) is 19.1 Å². The van der Waals surface area contributed by atoms with Gasteiger partial charge < -0.3 is 42.9 Å². The van der Waals surface area contributed by atoms with Crippen LogP contribution in [0.15, 0.2) is 23.8 Å². The maximum absolute atomic E-state index is 12.9. The lowest BCUT2D eigenvalue weighted by Gasteiger charge is -2.24. The Morgan fingerprint density at radius 2 is 1.82 bits per heavy atom. The highest BCUT2D eigenvalue weighted by atomic mass is 32.1. The summed E-state index contributed by atoms with van der Waals surface area (Å²) in [4.78, 5) is 51.4. The van der Waals surface area contributed by atoms with Gasteiger partial charge >= 0.3 is 5.97 Å². The number of aryl methyl sites for hydroxylation is 1. The van der Waals surface area contributed by atoms with Gasteiger partial charge in [0.2, 0.25) is 17.7 Å². The van der Waals surface area contributed by atoms with Crippen LogP contribution in [-0.2, 0) is 32.0 Å². The molecule has 1 aliphatic rings. The van der Waals surface area contributed by atoms with Crippen LogP contribution in [0, 0.1) is 5.41 Å². The van der Waals surface area contributed by atoms with Crippen LogP contribution in [-0.4, -0.2) is 83.1 Å². The Morgan fingerprint density at radius 1 is 1.12 bits per heavy atom. The molecule has 2 heterocycles. The maximum Gasteiger partial charge on any atom is 0.326 e. The number of hydrogen-bond donors (Lipinski definition) is 9.